The molecule has 0 aromatic heterocycles. The van der Waals surface area contributed by atoms with Gasteiger partial charge in [0.1, 0.15) is 6.10 Å². The third-order valence-corrected chi connectivity index (χ3v) is 3.26. The standard InChI is InChI=1S/C14H24O2/c1-3-8-12(9-4-2)14(15)16-13-10-6-5-7-11-13/h3,12-13H,1,4-11H2,2H3. The minimum atomic E-state index is -0.00588. The SMILES string of the molecule is C=CCC(CCC)C(=O)OC1CCCCC1. The van der Waals surface area contributed by atoms with E-state index in [9.17, 15) is 4.79 Å². The van der Waals surface area contributed by atoms with Gasteiger partial charge in [0, 0.05) is 0 Å². The van der Waals surface area contributed by atoms with Gasteiger partial charge < -0.3 is 4.74 Å². The van der Waals surface area contributed by atoms with E-state index in [0.717, 1.165) is 32.1 Å². The normalized spacial score (nSPS) is 19.1. The number of ether oxygens (including phenoxy) is 1. The average Bonchev–Trinajstić information content (AvgIpc) is 2.30. The second kappa shape index (κ2) is 7.48. The molecular formula is C14H24O2. The van der Waals surface area contributed by atoms with Crippen LogP contribution in [0.2, 0.25) is 0 Å². The lowest BCUT2D eigenvalue weighted by molar-refractivity contribution is -0.155. The first-order valence-electron chi connectivity index (χ1n) is 6.59. The molecule has 0 aromatic rings. The molecular weight excluding hydrogens is 200 g/mol. The fourth-order valence-corrected chi connectivity index (χ4v) is 2.33. The summed E-state index contributed by atoms with van der Waals surface area (Å²) in [6.45, 7) is 5.81. The molecule has 0 spiro atoms. The summed E-state index contributed by atoms with van der Waals surface area (Å²) in [6.07, 6.45) is 10.5. The van der Waals surface area contributed by atoms with Crippen LogP contribution in [0.3, 0.4) is 0 Å². The van der Waals surface area contributed by atoms with Crippen molar-refractivity contribution in [3.63, 3.8) is 0 Å². The number of hydrogen-bond acceptors (Lipinski definition) is 2. The Labute approximate surface area is 99.1 Å². The summed E-state index contributed by atoms with van der Waals surface area (Å²) in [5.41, 5.74) is 0. The molecule has 0 aromatic carbocycles. The highest BCUT2D eigenvalue weighted by molar-refractivity contribution is 5.72. The Bertz CT molecular complexity index is 217. The van der Waals surface area contributed by atoms with Gasteiger partial charge in [0.2, 0.25) is 0 Å². The van der Waals surface area contributed by atoms with E-state index in [1.807, 2.05) is 6.08 Å². The molecule has 1 unspecified atom stereocenters. The van der Waals surface area contributed by atoms with E-state index in [1.54, 1.807) is 0 Å². The first kappa shape index (κ1) is 13.3. The highest BCUT2D eigenvalue weighted by atomic mass is 16.5. The van der Waals surface area contributed by atoms with Gasteiger partial charge in [-0.2, -0.15) is 0 Å². The molecule has 1 atom stereocenters. The summed E-state index contributed by atoms with van der Waals surface area (Å²) < 4.78 is 5.57. The zero-order valence-electron chi connectivity index (χ0n) is 10.4. The highest BCUT2D eigenvalue weighted by Crippen LogP contribution is 2.23. The van der Waals surface area contributed by atoms with Gasteiger partial charge in [-0.05, 0) is 38.5 Å². The summed E-state index contributed by atoms with van der Waals surface area (Å²) >= 11 is 0. The number of esters is 1. The molecule has 1 aliphatic rings. The largest absolute Gasteiger partial charge is 0.462 e. The van der Waals surface area contributed by atoms with Crippen LogP contribution in [0.15, 0.2) is 12.7 Å². The van der Waals surface area contributed by atoms with Crippen LogP contribution in [0.4, 0.5) is 0 Å². The second-order valence-electron chi connectivity index (χ2n) is 4.71. The van der Waals surface area contributed by atoms with Crippen LogP contribution in [-0.4, -0.2) is 12.1 Å². The van der Waals surface area contributed by atoms with Gasteiger partial charge in [-0.3, -0.25) is 4.79 Å². The van der Waals surface area contributed by atoms with Gasteiger partial charge in [0.25, 0.3) is 0 Å². The molecule has 0 aliphatic heterocycles. The maximum atomic E-state index is 11.9. The number of rotatable bonds is 6. The first-order valence-corrected chi connectivity index (χ1v) is 6.59. The van der Waals surface area contributed by atoms with Crippen molar-refractivity contribution in [2.24, 2.45) is 5.92 Å². The topological polar surface area (TPSA) is 26.3 Å². The van der Waals surface area contributed by atoms with Gasteiger partial charge in [-0.25, -0.2) is 0 Å². The minimum Gasteiger partial charge on any atom is -0.462 e. The van der Waals surface area contributed by atoms with Crippen LogP contribution < -0.4 is 0 Å². The molecule has 1 fully saturated rings. The van der Waals surface area contributed by atoms with E-state index >= 15 is 0 Å². The van der Waals surface area contributed by atoms with Crippen molar-refractivity contribution >= 4 is 5.97 Å². The lowest BCUT2D eigenvalue weighted by atomic mass is 9.96. The summed E-state index contributed by atoms with van der Waals surface area (Å²) in [7, 11) is 0. The fourth-order valence-electron chi connectivity index (χ4n) is 2.33. The summed E-state index contributed by atoms with van der Waals surface area (Å²) in [4.78, 5) is 11.9. The van der Waals surface area contributed by atoms with Crippen molar-refractivity contribution in [1.82, 2.24) is 0 Å². The van der Waals surface area contributed by atoms with Crippen molar-refractivity contribution in [3.8, 4) is 0 Å². The van der Waals surface area contributed by atoms with E-state index < -0.39 is 0 Å². The number of allylic oxidation sites excluding steroid dienone is 1. The van der Waals surface area contributed by atoms with Crippen molar-refractivity contribution < 1.29 is 9.53 Å². The molecule has 1 rings (SSSR count). The predicted molar refractivity (Wildman–Crippen MR) is 66.2 cm³/mol. The van der Waals surface area contributed by atoms with E-state index in [-0.39, 0.29) is 18.0 Å². The first-order chi connectivity index (χ1) is 7.77. The Morgan fingerprint density at radius 2 is 2.12 bits per heavy atom. The Morgan fingerprint density at radius 3 is 2.69 bits per heavy atom. The van der Waals surface area contributed by atoms with Crippen molar-refractivity contribution in [2.75, 3.05) is 0 Å². The van der Waals surface area contributed by atoms with Crippen LogP contribution in [0.5, 0.6) is 0 Å². The van der Waals surface area contributed by atoms with Crippen LogP contribution in [0.1, 0.15) is 58.3 Å². The van der Waals surface area contributed by atoms with Crippen LogP contribution >= 0.6 is 0 Å². The zero-order valence-corrected chi connectivity index (χ0v) is 10.4. The Kier molecular flexibility index (Phi) is 6.20. The zero-order chi connectivity index (χ0) is 11.8. The van der Waals surface area contributed by atoms with E-state index in [2.05, 4.69) is 13.5 Å². The Morgan fingerprint density at radius 1 is 1.44 bits per heavy atom. The van der Waals surface area contributed by atoms with Crippen molar-refractivity contribution in [2.45, 2.75) is 64.4 Å². The molecule has 0 radical (unpaired) electrons. The monoisotopic (exact) mass is 224 g/mol. The van der Waals surface area contributed by atoms with Crippen LogP contribution in [-0.2, 0) is 9.53 Å². The van der Waals surface area contributed by atoms with Gasteiger partial charge in [-0.1, -0.05) is 25.8 Å². The fraction of sp³-hybridized carbons (Fsp3) is 0.786. The highest BCUT2D eigenvalue weighted by Gasteiger charge is 2.23. The quantitative estimate of drug-likeness (QED) is 0.506. The molecule has 2 heteroatoms. The molecule has 1 aliphatic carbocycles. The number of carbonyl (C=O) groups excluding carboxylic acids is 1. The molecule has 92 valence electrons. The van der Waals surface area contributed by atoms with E-state index in [4.69, 9.17) is 4.74 Å². The van der Waals surface area contributed by atoms with Gasteiger partial charge in [-0.15, -0.1) is 6.58 Å². The van der Waals surface area contributed by atoms with Crippen molar-refractivity contribution in [3.05, 3.63) is 12.7 Å². The van der Waals surface area contributed by atoms with Gasteiger partial charge in [0.05, 0.1) is 5.92 Å². The second-order valence-corrected chi connectivity index (χ2v) is 4.71. The van der Waals surface area contributed by atoms with Crippen LogP contribution in [0.25, 0.3) is 0 Å². The maximum Gasteiger partial charge on any atom is 0.309 e. The molecule has 0 bridgehead atoms. The molecule has 0 amide bonds. The predicted octanol–water partition coefficient (Wildman–Crippen LogP) is 3.85. The van der Waals surface area contributed by atoms with Crippen molar-refractivity contribution in [1.29, 1.82) is 0 Å². The number of hydrogen-bond donors (Lipinski definition) is 0. The van der Waals surface area contributed by atoms with E-state index in [0.29, 0.717) is 0 Å². The third-order valence-electron chi connectivity index (χ3n) is 3.26. The Hall–Kier alpha value is -0.790. The summed E-state index contributed by atoms with van der Waals surface area (Å²) in [6, 6.07) is 0. The lowest BCUT2D eigenvalue weighted by Gasteiger charge is -2.24. The summed E-state index contributed by atoms with van der Waals surface area (Å²) in [5.74, 6) is 0.0260. The van der Waals surface area contributed by atoms with Gasteiger partial charge >= 0.3 is 5.97 Å². The molecule has 0 saturated heterocycles. The van der Waals surface area contributed by atoms with Gasteiger partial charge in [0.15, 0.2) is 0 Å². The molecule has 0 heterocycles. The molecule has 0 N–H and O–H groups in total. The molecule has 1 saturated carbocycles. The average molecular weight is 224 g/mol. The smallest absolute Gasteiger partial charge is 0.309 e. The van der Waals surface area contributed by atoms with Crippen LogP contribution in [0, 0.1) is 5.92 Å². The minimum absolute atomic E-state index is 0.00588. The summed E-state index contributed by atoms with van der Waals surface area (Å²) in [5, 5.41) is 0. The maximum absolute atomic E-state index is 11.9. The Balaban J connectivity index is 2.37. The molecule has 16 heavy (non-hydrogen) atoms. The third kappa shape index (κ3) is 4.38. The molecule has 2 nitrogen and oxygen atoms in total. The number of carbonyl (C=O) groups is 1. The van der Waals surface area contributed by atoms with E-state index in [1.165, 1.54) is 19.3 Å². The lowest BCUT2D eigenvalue weighted by Crippen LogP contribution is -2.25.